The molecule has 0 aromatic heterocycles. The van der Waals surface area contributed by atoms with Gasteiger partial charge in [0.1, 0.15) is 19.0 Å². The average molecular weight is 445 g/mol. The summed E-state index contributed by atoms with van der Waals surface area (Å²) >= 11 is 5.33. The Morgan fingerprint density at radius 2 is 1.47 bits per heavy atom. The van der Waals surface area contributed by atoms with Gasteiger partial charge in [-0.3, -0.25) is 0 Å². The molecular weight excluding hydrogens is 420 g/mol. The SMILES string of the molecule is CC1=C(C(=O)OCc2ccccc2)C(c2ccc(OCc3ccccc3)cc2)NC(=S)N1. The number of hydrogen-bond acceptors (Lipinski definition) is 4. The topological polar surface area (TPSA) is 59.6 Å². The second-order valence-electron chi connectivity index (χ2n) is 7.48. The number of thiocarbonyl (C=S) groups is 1. The highest BCUT2D eigenvalue weighted by molar-refractivity contribution is 7.80. The maximum absolute atomic E-state index is 13.0. The molecule has 0 amide bonds. The van der Waals surface area contributed by atoms with E-state index < -0.39 is 6.04 Å². The van der Waals surface area contributed by atoms with Gasteiger partial charge in [-0.05, 0) is 48.0 Å². The van der Waals surface area contributed by atoms with Crippen LogP contribution in [0.4, 0.5) is 0 Å². The third-order valence-corrected chi connectivity index (χ3v) is 5.38. The standard InChI is InChI=1S/C26H24N2O3S/c1-18-23(25(29)31-17-20-10-6-3-7-11-20)24(28-26(32)27-18)21-12-14-22(15-13-21)30-16-19-8-4-2-5-9-19/h2-15,24H,16-17H2,1H3,(H2,27,28,32). The molecule has 0 aliphatic carbocycles. The van der Waals surface area contributed by atoms with E-state index in [4.69, 9.17) is 21.7 Å². The van der Waals surface area contributed by atoms with E-state index >= 15 is 0 Å². The molecule has 2 N–H and O–H groups in total. The fourth-order valence-corrected chi connectivity index (χ4v) is 3.78. The summed E-state index contributed by atoms with van der Waals surface area (Å²) in [4.78, 5) is 13.0. The van der Waals surface area contributed by atoms with Crippen molar-refractivity contribution in [2.24, 2.45) is 0 Å². The first-order valence-corrected chi connectivity index (χ1v) is 10.8. The molecule has 0 radical (unpaired) electrons. The lowest BCUT2D eigenvalue weighted by atomic mass is 9.95. The van der Waals surface area contributed by atoms with E-state index in [1.165, 1.54) is 0 Å². The molecule has 0 saturated carbocycles. The number of ether oxygens (including phenoxy) is 2. The first-order valence-electron chi connectivity index (χ1n) is 10.4. The quantitative estimate of drug-likeness (QED) is 0.403. The van der Waals surface area contributed by atoms with Gasteiger partial charge in [0.25, 0.3) is 0 Å². The van der Waals surface area contributed by atoms with Crippen molar-refractivity contribution in [3.05, 3.63) is 113 Å². The van der Waals surface area contributed by atoms with Gasteiger partial charge in [0, 0.05) is 5.70 Å². The van der Waals surface area contributed by atoms with Crippen molar-refractivity contribution in [2.75, 3.05) is 0 Å². The van der Waals surface area contributed by atoms with Crippen LogP contribution in [0.2, 0.25) is 0 Å². The van der Waals surface area contributed by atoms with Crippen LogP contribution in [-0.4, -0.2) is 11.1 Å². The Balaban J connectivity index is 1.47. The van der Waals surface area contributed by atoms with E-state index in [-0.39, 0.29) is 12.6 Å². The summed E-state index contributed by atoms with van der Waals surface area (Å²) in [6.07, 6.45) is 0. The number of benzene rings is 3. The van der Waals surface area contributed by atoms with E-state index in [9.17, 15) is 4.79 Å². The van der Waals surface area contributed by atoms with E-state index in [1.807, 2.05) is 91.9 Å². The summed E-state index contributed by atoms with van der Waals surface area (Å²) in [5.74, 6) is 0.367. The van der Waals surface area contributed by atoms with E-state index in [0.29, 0.717) is 23.0 Å². The minimum Gasteiger partial charge on any atom is -0.489 e. The number of esters is 1. The summed E-state index contributed by atoms with van der Waals surface area (Å²) in [5.41, 5.74) is 4.12. The summed E-state index contributed by atoms with van der Waals surface area (Å²) in [6, 6.07) is 26.9. The normalized spacial score (nSPS) is 15.5. The lowest BCUT2D eigenvalue weighted by Gasteiger charge is -2.30. The van der Waals surface area contributed by atoms with Crippen LogP contribution in [0, 0.1) is 0 Å². The molecule has 1 atom stereocenters. The molecule has 3 aromatic rings. The highest BCUT2D eigenvalue weighted by atomic mass is 32.1. The predicted octanol–water partition coefficient (Wildman–Crippen LogP) is 4.80. The Morgan fingerprint density at radius 1 is 0.875 bits per heavy atom. The fourth-order valence-electron chi connectivity index (χ4n) is 3.51. The zero-order valence-electron chi connectivity index (χ0n) is 17.7. The predicted molar refractivity (Wildman–Crippen MR) is 128 cm³/mol. The van der Waals surface area contributed by atoms with Crippen LogP contribution in [0.3, 0.4) is 0 Å². The van der Waals surface area contributed by atoms with E-state index in [0.717, 1.165) is 22.4 Å². The Bertz CT molecular complexity index is 1110. The number of allylic oxidation sites excluding steroid dienone is 1. The largest absolute Gasteiger partial charge is 0.489 e. The zero-order chi connectivity index (χ0) is 22.3. The van der Waals surface area contributed by atoms with Crippen LogP contribution >= 0.6 is 12.2 Å². The third kappa shape index (κ3) is 5.34. The van der Waals surface area contributed by atoms with Gasteiger partial charge in [-0.2, -0.15) is 0 Å². The van der Waals surface area contributed by atoms with Crippen LogP contribution in [-0.2, 0) is 22.7 Å². The van der Waals surface area contributed by atoms with Gasteiger partial charge in [0.2, 0.25) is 0 Å². The molecule has 1 unspecified atom stereocenters. The zero-order valence-corrected chi connectivity index (χ0v) is 18.5. The maximum Gasteiger partial charge on any atom is 0.338 e. The highest BCUT2D eigenvalue weighted by Gasteiger charge is 2.31. The third-order valence-electron chi connectivity index (χ3n) is 5.16. The highest BCUT2D eigenvalue weighted by Crippen LogP contribution is 2.29. The molecule has 0 fully saturated rings. The monoisotopic (exact) mass is 444 g/mol. The van der Waals surface area contributed by atoms with Crippen molar-refractivity contribution in [1.82, 2.24) is 10.6 Å². The smallest absolute Gasteiger partial charge is 0.338 e. The molecule has 5 nitrogen and oxygen atoms in total. The molecule has 32 heavy (non-hydrogen) atoms. The number of rotatable bonds is 7. The lowest BCUT2D eigenvalue weighted by Crippen LogP contribution is -2.45. The van der Waals surface area contributed by atoms with Gasteiger partial charge in [-0.1, -0.05) is 72.8 Å². The molecule has 6 heteroatoms. The van der Waals surface area contributed by atoms with Gasteiger partial charge in [0.05, 0.1) is 11.6 Å². The van der Waals surface area contributed by atoms with Crippen molar-refractivity contribution < 1.29 is 14.3 Å². The molecule has 162 valence electrons. The molecular formula is C26H24N2O3S. The number of hydrogen-bond donors (Lipinski definition) is 2. The molecule has 0 spiro atoms. The molecule has 3 aromatic carbocycles. The summed E-state index contributed by atoms with van der Waals surface area (Å²) in [5, 5.41) is 6.69. The number of carbonyl (C=O) groups is 1. The van der Waals surface area contributed by atoms with E-state index in [1.54, 1.807) is 0 Å². The fraction of sp³-hybridized carbons (Fsp3) is 0.154. The Morgan fingerprint density at radius 3 is 2.09 bits per heavy atom. The molecule has 1 aliphatic heterocycles. The Hall–Kier alpha value is -3.64. The lowest BCUT2D eigenvalue weighted by molar-refractivity contribution is -0.140. The molecule has 1 aliphatic rings. The first kappa shape index (κ1) is 21.6. The minimum absolute atomic E-state index is 0.208. The summed E-state index contributed by atoms with van der Waals surface area (Å²) in [7, 11) is 0. The second-order valence-corrected chi connectivity index (χ2v) is 7.88. The molecule has 0 bridgehead atoms. The summed E-state index contributed by atoms with van der Waals surface area (Å²) in [6.45, 7) is 2.53. The Labute approximate surface area is 193 Å². The van der Waals surface area contributed by atoms with Crippen LogP contribution in [0.25, 0.3) is 0 Å². The van der Waals surface area contributed by atoms with Crippen LogP contribution in [0.15, 0.2) is 96.2 Å². The number of carbonyl (C=O) groups excluding carboxylic acids is 1. The molecule has 0 saturated heterocycles. The van der Waals surface area contributed by atoms with Gasteiger partial charge >= 0.3 is 5.97 Å². The molecule has 1 heterocycles. The van der Waals surface area contributed by atoms with Crippen molar-refractivity contribution in [2.45, 2.75) is 26.2 Å². The van der Waals surface area contributed by atoms with Gasteiger partial charge < -0.3 is 20.1 Å². The first-order chi connectivity index (χ1) is 15.6. The van der Waals surface area contributed by atoms with Crippen molar-refractivity contribution in [3.63, 3.8) is 0 Å². The van der Waals surface area contributed by atoms with Crippen LogP contribution in [0.5, 0.6) is 5.75 Å². The molecule has 4 rings (SSSR count). The van der Waals surface area contributed by atoms with Gasteiger partial charge in [-0.15, -0.1) is 0 Å². The minimum atomic E-state index is -0.407. The van der Waals surface area contributed by atoms with Gasteiger partial charge in [-0.25, -0.2) is 4.79 Å². The van der Waals surface area contributed by atoms with Gasteiger partial charge in [0.15, 0.2) is 5.11 Å². The van der Waals surface area contributed by atoms with Crippen molar-refractivity contribution in [1.29, 1.82) is 0 Å². The Kier molecular flexibility index (Phi) is 6.82. The van der Waals surface area contributed by atoms with Crippen molar-refractivity contribution in [3.8, 4) is 5.75 Å². The maximum atomic E-state index is 13.0. The summed E-state index contributed by atoms with van der Waals surface area (Å²) < 4.78 is 11.5. The average Bonchev–Trinajstić information content (AvgIpc) is 2.82. The van der Waals surface area contributed by atoms with Crippen molar-refractivity contribution >= 4 is 23.3 Å². The second kappa shape index (κ2) is 10.1. The van der Waals surface area contributed by atoms with Crippen LogP contribution in [0.1, 0.15) is 29.7 Å². The van der Waals surface area contributed by atoms with Crippen LogP contribution < -0.4 is 15.4 Å². The van der Waals surface area contributed by atoms with E-state index in [2.05, 4.69) is 10.6 Å². The number of nitrogens with one attached hydrogen (secondary N) is 2.